The van der Waals surface area contributed by atoms with E-state index in [4.69, 9.17) is 11.6 Å². The Kier molecular flexibility index (Phi) is 6.07. The predicted octanol–water partition coefficient (Wildman–Crippen LogP) is 4.37. The number of rotatable bonds is 5. The first-order valence-corrected chi connectivity index (χ1v) is 7.76. The third-order valence-electron chi connectivity index (χ3n) is 3.55. The first-order chi connectivity index (χ1) is 9.25. The van der Waals surface area contributed by atoms with E-state index in [-0.39, 0.29) is 17.4 Å². The van der Waals surface area contributed by atoms with E-state index in [0.29, 0.717) is 17.4 Å². The largest absolute Gasteiger partial charge is 0.349 e. The third-order valence-corrected chi connectivity index (χ3v) is 3.77. The van der Waals surface area contributed by atoms with Gasteiger partial charge < -0.3 is 5.32 Å². The number of nitrogens with one attached hydrogen (secondary N) is 1. The van der Waals surface area contributed by atoms with Crippen LogP contribution in [0.4, 0.5) is 0 Å². The number of amides is 1. The van der Waals surface area contributed by atoms with Crippen molar-refractivity contribution in [2.75, 3.05) is 5.88 Å². The summed E-state index contributed by atoms with van der Waals surface area (Å²) in [5, 5.41) is 3.07. The molecular formula is C17H26ClNO. The van der Waals surface area contributed by atoms with E-state index in [9.17, 15) is 4.79 Å². The number of benzene rings is 1. The third kappa shape index (κ3) is 4.82. The molecule has 0 saturated heterocycles. The lowest BCUT2D eigenvalue weighted by Gasteiger charge is -2.22. The molecule has 0 radical (unpaired) electrons. The highest BCUT2D eigenvalue weighted by molar-refractivity contribution is 6.17. The van der Waals surface area contributed by atoms with Crippen LogP contribution in [-0.2, 0) is 5.41 Å². The fourth-order valence-electron chi connectivity index (χ4n) is 2.06. The molecule has 0 spiro atoms. The van der Waals surface area contributed by atoms with Crippen molar-refractivity contribution < 1.29 is 4.79 Å². The standard InChI is InChI=1S/C17H26ClNO/c1-12(2)15(10-11-18)19-16(20)13-6-8-14(9-7-13)17(3,4)5/h6-9,12,15H,10-11H2,1-5H3,(H,19,20). The highest BCUT2D eigenvalue weighted by Gasteiger charge is 2.18. The molecule has 112 valence electrons. The molecule has 0 aliphatic carbocycles. The topological polar surface area (TPSA) is 29.1 Å². The molecule has 0 saturated carbocycles. The molecule has 0 fully saturated rings. The predicted molar refractivity (Wildman–Crippen MR) is 86.6 cm³/mol. The van der Waals surface area contributed by atoms with Crippen molar-refractivity contribution in [2.45, 2.75) is 52.5 Å². The van der Waals surface area contributed by atoms with Crippen LogP contribution < -0.4 is 5.32 Å². The number of hydrogen-bond donors (Lipinski definition) is 1. The van der Waals surface area contributed by atoms with Gasteiger partial charge in [0.15, 0.2) is 0 Å². The SMILES string of the molecule is CC(C)C(CCCl)NC(=O)c1ccc(C(C)(C)C)cc1. The second-order valence-electron chi connectivity index (χ2n) is 6.63. The van der Waals surface area contributed by atoms with Gasteiger partial charge in [-0.3, -0.25) is 4.79 Å². The summed E-state index contributed by atoms with van der Waals surface area (Å²) >= 11 is 5.79. The van der Waals surface area contributed by atoms with Gasteiger partial charge in [-0.25, -0.2) is 0 Å². The number of carbonyl (C=O) groups excluding carboxylic acids is 1. The Morgan fingerprint density at radius 1 is 1.20 bits per heavy atom. The molecule has 3 heteroatoms. The van der Waals surface area contributed by atoms with Crippen LogP contribution in [0.15, 0.2) is 24.3 Å². The molecule has 1 amide bonds. The van der Waals surface area contributed by atoms with Crippen LogP contribution in [0.3, 0.4) is 0 Å². The normalized spacial score (nSPS) is 13.3. The summed E-state index contributed by atoms with van der Waals surface area (Å²) in [6.07, 6.45) is 0.797. The number of halogens is 1. The maximum absolute atomic E-state index is 12.2. The first-order valence-electron chi connectivity index (χ1n) is 7.23. The second-order valence-corrected chi connectivity index (χ2v) is 7.01. The average molecular weight is 296 g/mol. The average Bonchev–Trinajstić information content (AvgIpc) is 2.37. The number of hydrogen-bond acceptors (Lipinski definition) is 1. The molecule has 0 bridgehead atoms. The van der Waals surface area contributed by atoms with E-state index in [2.05, 4.69) is 39.9 Å². The molecule has 0 aromatic heterocycles. The first kappa shape index (κ1) is 17.0. The minimum absolute atomic E-state index is 0.0192. The Hall–Kier alpha value is -1.02. The molecule has 0 heterocycles. The van der Waals surface area contributed by atoms with Gasteiger partial charge in [0.05, 0.1) is 0 Å². The van der Waals surface area contributed by atoms with E-state index in [1.54, 1.807) is 0 Å². The highest BCUT2D eigenvalue weighted by Crippen LogP contribution is 2.22. The Morgan fingerprint density at radius 2 is 1.75 bits per heavy atom. The van der Waals surface area contributed by atoms with Crippen LogP contribution >= 0.6 is 11.6 Å². The minimum Gasteiger partial charge on any atom is -0.349 e. The summed E-state index contributed by atoms with van der Waals surface area (Å²) in [7, 11) is 0. The van der Waals surface area contributed by atoms with Crippen molar-refractivity contribution in [3.8, 4) is 0 Å². The molecule has 0 aliphatic heterocycles. The van der Waals surface area contributed by atoms with Gasteiger partial charge in [0, 0.05) is 17.5 Å². The van der Waals surface area contributed by atoms with Gasteiger partial charge in [-0.05, 0) is 35.4 Å². The molecular weight excluding hydrogens is 270 g/mol. The maximum atomic E-state index is 12.2. The molecule has 1 aromatic carbocycles. The minimum atomic E-state index is -0.0192. The Bertz CT molecular complexity index is 431. The molecule has 1 N–H and O–H groups in total. The van der Waals surface area contributed by atoms with Crippen LogP contribution in [0.5, 0.6) is 0 Å². The fourth-order valence-corrected chi connectivity index (χ4v) is 2.30. The molecule has 20 heavy (non-hydrogen) atoms. The van der Waals surface area contributed by atoms with Gasteiger partial charge in [0.2, 0.25) is 0 Å². The molecule has 1 aromatic rings. The van der Waals surface area contributed by atoms with Crippen molar-refractivity contribution in [1.29, 1.82) is 0 Å². The van der Waals surface area contributed by atoms with Gasteiger partial charge in [0.25, 0.3) is 5.91 Å². The summed E-state index contributed by atoms with van der Waals surface area (Å²) in [4.78, 5) is 12.2. The summed E-state index contributed by atoms with van der Waals surface area (Å²) < 4.78 is 0. The van der Waals surface area contributed by atoms with E-state index in [1.807, 2.05) is 24.3 Å². The highest BCUT2D eigenvalue weighted by atomic mass is 35.5. The zero-order valence-electron chi connectivity index (χ0n) is 13.2. The van der Waals surface area contributed by atoms with Crippen molar-refractivity contribution >= 4 is 17.5 Å². The lowest BCUT2D eigenvalue weighted by atomic mass is 9.86. The summed E-state index contributed by atoms with van der Waals surface area (Å²) in [5.41, 5.74) is 2.04. The smallest absolute Gasteiger partial charge is 0.251 e. The van der Waals surface area contributed by atoms with E-state index in [0.717, 1.165) is 6.42 Å². The summed E-state index contributed by atoms with van der Waals surface area (Å²) in [6, 6.07) is 7.98. The van der Waals surface area contributed by atoms with Gasteiger partial charge in [-0.2, -0.15) is 0 Å². The Balaban J connectivity index is 2.77. The Labute approximate surface area is 127 Å². The number of carbonyl (C=O) groups is 1. The fraction of sp³-hybridized carbons (Fsp3) is 0.588. The second kappa shape index (κ2) is 7.12. The van der Waals surface area contributed by atoms with Crippen LogP contribution in [0, 0.1) is 5.92 Å². The van der Waals surface area contributed by atoms with Crippen molar-refractivity contribution in [2.24, 2.45) is 5.92 Å². The van der Waals surface area contributed by atoms with Crippen LogP contribution in [-0.4, -0.2) is 17.8 Å². The summed E-state index contributed by atoms with van der Waals surface area (Å²) in [6.45, 7) is 10.7. The van der Waals surface area contributed by atoms with Crippen LogP contribution in [0.1, 0.15) is 57.0 Å². The van der Waals surface area contributed by atoms with Crippen LogP contribution in [0.25, 0.3) is 0 Å². The van der Waals surface area contributed by atoms with Crippen LogP contribution in [0.2, 0.25) is 0 Å². The van der Waals surface area contributed by atoms with Gasteiger partial charge in [-0.15, -0.1) is 11.6 Å². The number of alkyl halides is 1. The van der Waals surface area contributed by atoms with E-state index < -0.39 is 0 Å². The monoisotopic (exact) mass is 295 g/mol. The van der Waals surface area contributed by atoms with E-state index >= 15 is 0 Å². The van der Waals surface area contributed by atoms with Gasteiger partial charge in [0.1, 0.15) is 0 Å². The van der Waals surface area contributed by atoms with Gasteiger partial charge in [-0.1, -0.05) is 46.8 Å². The van der Waals surface area contributed by atoms with Crippen molar-refractivity contribution in [3.05, 3.63) is 35.4 Å². The molecule has 1 rings (SSSR count). The molecule has 0 aliphatic rings. The Morgan fingerprint density at radius 3 is 2.15 bits per heavy atom. The van der Waals surface area contributed by atoms with E-state index in [1.165, 1.54) is 5.56 Å². The lowest BCUT2D eigenvalue weighted by molar-refractivity contribution is 0.0925. The zero-order chi connectivity index (χ0) is 15.3. The summed E-state index contributed by atoms with van der Waals surface area (Å²) in [5.74, 6) is 0.923. The molecule has 1 atom stereocenters. The zero-order valence-corrected chi connectivity index (χ0v) is 13.9. The lowest BCUT2D eigenvalue weighted by Crippen LogP contribution is -2.38. The van der Waals surface area contributed by atoms with Crippen molar-refractivity contribution in [3.63, 3.8) is 0 Å². The quantitative estimate of drug-likeness (QED) is 0.803. The molecule has 2 nitrogen and oxygen atoms in total. The maximum Gasteiger partial charge on any atom is 0.251 e. The van der Waals surface area contributed by atoms with Crippen molar-refractivity contribution in [1.82, 2.24) is 5.32 Å². The van der Waals surface area contributed by atoms with Gasteiger partial charge >= 0.3 is 0 Å². The molecule has 1 unspecified atom stereocenters.